The zero-order valence-electron chi connectivity index (χ0n) is 10.3. The van der Waals surface area contributed by atoms with Crippen LogP contribution in [0.15, 0.2) is 23.1 Å². The van der Waals surface area contributed by atoms with Crippen molar-refractivity contribution < 1.29 is 13.2 Å². The third-order valence-electron chi connectivity index (χ3n) is 2.99. The highest BCUT2D eigenvalue weighted by Crippen LogP contribution is 2.25. The topological polar surface area (TPSA) is 46.6 Å². The maximum Gasteiger partial charge on any atom is 0.245 e. The Kier molecular flexibility index (Phi) is 3.25. The van der Waals surface area contributed by atoms with Gasteiger partial charge in [-0.2, -0.15) is 4.31 Å². The molecule has 0 saturated carbocycles. The van der Waals surface area contributed by atoms with E-state index in [1.165, 1.54) is 4.31 Å². The molecular weight excluding hydrogens is 238 g/mol. The Bertz CT molecular complexity index is 525. The van der Waals surface area contributed by atoms with Gasteiger partial charge in [0.2, 0.25) is 10.0 Å². The van der Waals surface area contributed by atoms with Crippen LogP contribution in [0.4, 0.5) is 0 Å². The molecule has 0 bridgehead atoms. The third-order valence-corrected chi connectivity index (χ3v) is 5.10. The van der Waals surface area contributed by atoms with E-state index in [-0.39, 0.29) is 6.23 Å². The third kappa shape index (κ3) is 2.22. The molecule has 1 heterocycles. The smallest absolute Gasteiger partial charge is 0.245 e. The van der Waals surface area contributed by atoms with Crippen LogP contribution in [-0.4, -0.2) is 32.1 Å². The summed E-state index contributed by atoms with van der Waals surface area (Å²) in [6.45, 7) is 6.42. The summed E-state index contributed by atoms with van der Waals surface area (Å²) >= 11 is 0. The summed E-state index contributed by atoms with van der Waals surface area (Å²) in [6, 6.07) is 5.38. The molecule has 0 aromatic heterocycles. The highest BCUT2D eigenvalue weighted by molar-refractivity contribution is 7.89. The van der Waals surface area contributed by atoms with Crippen molar-refractivity contribution >= 4 is 10.0 Å². The lowest BCUT2D eigenvalue weighted by molar-refractivity contribution is 0.0846. The minimum absolute atomic E-state index is 0.374. The van der Waals surface area contributed by atoms with Gasteiger partial charge in [-0.1, -0.05) is 17.7 Å². The first-order valence-corrected chi connectivity index (χ1v) is 7.07. The molecule has 1 fully saturated rings. The molecule has 2 rings (SSSR count). The van der Waals surface area contributed by atoms with Crippen LogP contribution in [-0.2, 0) is 14.8 Å². The van der Waals surface area contributed by atoms with Crippen LogP contribution in [0.25, 0.3) is 0 Å². The molecule has 4 nitrogen and oxygen atoms in total. The highest BCUT2D eigenvalue weighted by Gasteiger charge is 2.34. The Hall–Kier alpha value is -0.910. The number of aryl methyl sites for hydroxylation is 2. The maximum absolute atomic E-state index is 12.4. The van der Waals surface area contributed by atoms with Gasteiger partial charge in [0.1, 0.15) is 6.23 Å². The molecule has 1 unspecified atom stereocenters. The van der Waals surface area contributed by atoms with E-state index in [2.05, 4.69) is 0 Å². The fourth-order valence-electron chi connectivity index (χ4n) is 2.11. The van der Waals surface area contributed by atoms with Gasteiger partial charge in [-0.05, 0) is 32.4 Å². The fourth-order valence-corrected chi connectivity index (χ4v) is 3.83. The van der Waals surface area contributed by atoms with Crippen LogP contribution >= 0.6 is 0 Å². The molecule has 1 aromatic carbocycles. The maximum atomic E-state index is 12.4. The summed E-state index contributed by atoms with van der Waals surface area (Å²) in [5.74, 6) is 0. The van der Waals surface area contributed by atoms with Gasteiger partial charge in [0, 0.05) is 6.54 Å². The molecule has 94 valence electrons. The lowest BCUT2D eigenvalue weighted by Crippen LogP contribution is -2.34. The van der Waals surface area contributed by atoms with Gasteiger partial charge in [0.25, 0.3) is 0 Å². The van der Waals surface area contributed by atoms with Gasteiger partial charge in [-0.3, -0.25) is 0 Å². The summed E-state index contributed by atoms with van der Waals surface area (Å²) in [5.41, 5.74) is 1.84. The van der Waals surface area contributed by atoms with Crippen molar-refractivity contribution in [3.05, 3.63) is 29.3 Å². The molecule has 0 spiro atoms. The SMILES string of the molecule is Cc1ccc(S(=O)(=O)N2CCOC2C)c(C)c1. The van der Waals surface area contributed by atoms with Gasteiger partial charge < -0.3 is 4.74 Å². The predicted octanol–water partition coefficient (Wildman–Crippen LogP) is 1.67. The standard InChI is InChI=1S/C12H17NO3S/c1-9-4-5-12(10(2)8-9)17(14,15)13-6-7-16-11(13)3/h4-5,8,11H,6-7H2,1-3H3. The van der Waals surface area contributed by atoms with Crippen molar-refractivity contribution in [3.63, 3.8) is 0 Å². The number of nitrogens with zero attached hydrogens (tertiary/aromatic N) is 1. The molecule has 0 N–H and O–H groups in total. The van der Waals surface area contributed by atoms with E-state index in [1.807, 2.05) is 26.0 Å². The van der Waals surface area contributed by atoms with Crippen LogP contribution in [0.3, 0.4) is 0 Å². The number of sulfonamides is 1. The number of rotatable bonds is 2. The number of benzene rings is 1. The van der Waals surface area contributed by atoms with Crippen LogP contribution in [0.2, 0.25) is 0 Å². The average molecular weight is 255 g/mol. The van der Waals surface area contributed by atoms with Gasteiger partial charge in [0.05, 0.1) is 11.5 Å². The van der Waals surface area contributed by atoms with Gasteiger partial charge in [-0.15, -0.1) is 0 Å². The summed E-state index contributed by atoms with van der Waals surface area (Å²) in [5, 5.41) is 0. The summed E-state index contributed by atoms with van der Waals surface area (Å²) in [4.78, 5) is 0.375. The van der Waals surface area contributed by atoms with E-state index >= 15 is 0 Å². The van der Waals surface area contributed by atoms with Crippen LogP contribution in [0, 0.1) is 13.8 Å². The predicted molar refractivity (Wildman–Crippen MR) is 65.2 cm³/mol. The lowest BCUT2D eigenvalue weighted by atomic mass is 10.2. The first-order valence-electron chi connectivity index (χ1n) is 5.63. The van der Waals surface area contributed by atoms with Crippen molar-refractivity contribution in [2.75, 3.05) is 13.2 Å². The Balaban J connectivity index is 2.44. The second-order valence-corrected chi connectivity index (χ2v) is 6.21. The molecule has 1 aromatic rings. The first kappa shape index (κ1) is 12.5. The van der Waals surface area contributed by atoms with Crippen molar-refractivity contribution in [3.8, 4) is 0 Å². The van der Waals surface area contributed by atoms with Gasteiger partial charge >= 0.3 is 0 Å². The van der Waals surface area contributed by atoms with Crippen LogP contribution in [0.1, 0.15) is 18.1 Å². The molecule has 0 amide bonds. The largest absolute Gasteiger partial charge is 0.361 e. The van der Waals surface area contributed by atoms with Crippen molar-refractivity contribution in [2.24, 2.45) is 0 Å². The van der Waals surface area contributed by atoms with Crippen molar-refractivity contribution in [2.45, 2.75) is 31.9 Å². The van der Waals surface area contributed by atoms with Crippen molar-refractivity contribution in [1.82, 2.24) is 4.31 Å². The number of hydrogen-bond acceptors (Lipinski definition) is 3. The molecule has 1 saturated heterocycles. The van der Waals surface area contributed by atoms with E-state index < -0.39 is 10.0 Å². The van der Waals surface area contributed by atoms with E-state index in [0.717, 1.165) is 11.1 Å². The number of ether oxygens (including phenoxy) is 1. The minimum atomic E-state index is -3.43. The Morgan fingerprint density at radius 2 is 2.06 bits per heavy atom. The molecule has 1 atom stereocenters. The van der Waals surface area contributed by atoms with Crippen molar-refractivity contribution in [1.29, 1.82) is 0 Å². The van der Waals surface area contributed by atoms with Gasteiger partial charge in [-0.25, -0.2) is 8.42 Å². The monoisotopic (exact) mass is 255 g/mol. The first-order chi connectivity index (χ1) is 7.93. The fraction of sp³-hybridized carbons (Fsp3) is 0.500. The Morgan fingerprint density at radius 3 is 2.59 bits per heavy atom. The molecular formula is C12H17NO3S. The van der Waals surface area contributed by atoms with Crippen LogP contribution < -0.4 is 0 Å². The molecule has 5 heteroatoms. The van der Waals surface area contributed by atoms with E-state index in [4.69, 9.17) is 4.74 Å². The second-order valence-electron chi connectivity index (χ2n) is 4.35. The quantitative estimate of drug-likeness (QED) is 0.807. The normalized spacial score (nSPS) is 21.9. The Morgan fingerprint density at radius 1 is 1.35 bits per heavy atom. The van der Waals surface area contributed by atoms with E-state index in [0.29, 0.717) is 18.0 Å². The summed E-state index contributed by atoms with van der Waals surface area (Å²) in [7, 11) is -3.43. The van der Waals surface area contributed by atoms with Crippen LogP contribution in [0.5, 0.6) is 0 Å². The lowest BCUT2D eigenvalue weighted by Gasteiger charge is -2.20. The second kappa shape index (κ2) is 4.40. The summed E-state index contributed by atoms with van der Waals surface area (Å²) in [6.07, 6.45) is -0.374. The highest BCUT2D eigenvalue weighted by atomic mass is 32.2. The average Bonchev–Trinajstić information content (AvgIpc) is 2.64. The van der Waals surface area contributed by atoms with E-state index in [9.17, 15) is 8.42 Å². The minimum Gasteiger partial charge on any atom is -0.361 e. The van der Waals surface area contributed by atoms with E-state index in [1.54, 1.807) is 13.0 Å². The number of hydrogen-bond donors (Lipinski definition) is 0. The zero-order valence-corrected chi connectivity index (χ0v) is 11.1. The molecule has 1 aliphatic rings. The Labute approximate surface area is 102 Å². The van der Waals surface area contributed by atoms with Gasteiger partial charge in [0.15, 0.2) is 0 Å². The summed E-state index contributed by atoms with van der Waals surface area (Å²) < 4.78 is 31.5. The molecule has 17 heavy (non-hydrogen) atoms. The molecule has 0 aliphatic carbocycles. The zero-order chi connectivity index (χ0) is 12.6. The molecule has 0 radical (unpaired) electrons. The molecule has 1 aliphatic heterocycles.